The molecule has 0 unspecified atom stereocenters. The predicted octanol–water partition coefficient (Wildman–Crippen LogP) is 0.919. The molecule has 0 saturated carbocycles. The maximum absolute atomic E-state index is 12.3. The van der Waals surface area contributed by atoms with Crippen LogP contribution in [0.3, 0.4) is 0 Å². The number of aromatic amines is 1. The second kappa shape index (κ2) is 7.87. The van der Waals surface area contributed by atoms with Gasteiger partial charge in [-0.25, -0.2) is 9.97 Å². The first-order chi connectivity index (χ1) is 11.8. The average molecular weight is 330 g/mol. The molecular weight excluding hydrogens is 308 g/mol. The zero-order valence-corrected chi connectivity index (χ0v) is 13.8. The highest BCUT2D eigenvalue weighted by molar-refractivity contribution is 5.94. The second-order valence-corrected chi connectivity index (χ2v) is 5.66. The summed E-state index contributed by atoms with van der Waals surface area (Å²) in [6.45, 7) is 5.47. The Kier molecular flexibility index (Phi) is 5.37. The number of anilines is 1. The first kappa shape index (κ1) is 16.4. The van der Waals surface area contributed by atoms with Gasteiger partial charge in [0, 0.05) is 24.8 Å². The molecule has 128 valence electrons. The van der Waals surface area contributed by atoms with Crippen LogP contribution in [-0.4, -0.2) is 52.4 Å². The topological polar surface area (TPSA) is 96.0 Å². The van der Waals surface area contributed by atoms with E-state index in [4.69, 9.17) is 4.74 Å². The summed E-state index contributed by atoms with van der Waals surface area (Å²) in [5, 5.41) is 9.74. The van der Waals surface area contributed by atoms with E-state index in [1.165, 1.54) is 6.33 Å². The lowest BCUT2D eigenvalue weighted by Gasteiger charge is -2.27. The summed E-state index contributed by atoms with van der Waals surface area (Å²) < 4.78 is 5.35. The Morgan fingerprint density at radius 1 is 1.38 bits per heavy atom. The number of nitrogens with zero attached hydrogens (tertiary/aromatic N) is 4. The fraction of sp³-hybridized carbons (Fsp3) is 0.500. The largest absolute Gasteiger partial charge is 0.378 e. The smallest absolute Gasteiger partial charge is 0.255 e. The Morgan fingerprint density at radius 3 is 3.00 bits per heavy atom. The molecule has 0 radical (unpaired) electrons. The summed E-state index contributed by atoms with van der Waals surface area (Å²) in [5.74, 6) is 0.728. The maximum Gasteiger partial charge on any atom is 0.255 e. The van der Waals surface area contributed by atoms with Crippen molar-refractivity contribution >= 4 is 11.7 Å². The molecule has 0 aliphatic carbocycles. The van der Waals surface area contributed by atoms with Gasteiger partial charge in [0.15, 0.2) is 0 Å². The lowest BCUT2D eigenvalue weighted by atomic mass is 10.1. The highest BCUT2D eigenvalue weighted by Crippen LogP contribution is 2.13. The molecule has 0 aromatic carbocycles. The molecule has 3 rings (SSSR count). The zero-order valence-electron chi connectivity index (χ0n) is 13.8. The van der Waals surface area contributed by atoms with Crippen LogP contribution in [0.15, 0.2) is 18.6 Å². The van der Waals surface area contributed by atoms with Crippen LogP contribution in [0.1, 0.15) is 35.1 Å². The Balaban J connectivity index is 1.61. The lowest BCUT2D eigenvalue weighted by molar-refractivity contribution is 0.0949. The van der Waals surface area contributed by atoms with E-state index in [0.717, 1.165) is 43.1 Å². The number of morpholine rings is 1. The van der Waals surface area contributed by atoms with Gasteiger partial charge in [0.05, 0.1) is 37.2 Å². The van der Waals surface area contributed by atoms with Crippen molar-refractivity contribution < 1.29 is 9.53 Å². The molecular formula is C16H22N6O2. The third-order valence-electron chi connectivity index (χ3n) is 3.94. The van der Waals surface area contributed by atoms with E-state index in [0.29, 0.717) is 25.3 Å². The van der Waals surface area contributed by atoms with Gasteiger partial charge in [0.2, 0.25) is 0 Å². The highest BCUT2D eigenvalue weighted by atomic mass is 16.5. The van der Waals surface area contributed by atoms with Crippen molar-refractivity contribution in [3.05, 3.63) is 35.5 Å². The summed E-state index contributed by atoms with van der Waals surface area (Å²) in [6, 6.07) is 1.91. The van der Waals surface area contributed by atoms with Crippen LogP contribution in [0.25, 0.3) is 0 Å². The van der Waals surface area contributed by atoms with E-state index >= 15 is 0 Å². The lowest BCUT2D eigenvalue weighted by Crippen LogP contribution is -2.37. The second-order valence-electron chi connectivity index (χ2n) is 5.66. The number of amides is 1. The fourth-order valence-corrected chi connectivity index (χ4v) is 2.66. The molecule has 24 heavy (non-hydrogen) atoms. The highest BCUT2D eigenvalue weighted by Gasteiger charge is 2.15. The van der Waals surface area contributed by atoms with Crippen LogP contribution >= 0.6 is 0 Å². The van der Waals surface area contributed by atoms with E-state index in [-0.39, 0.29) is 5.91 Å². The number of rotatable bonds is 6. The molecule has 0 spiro atoms. The SMILES string of the molecule is CCCc1[nH]ncc1C(=O)NCc1cc(N2CCOCC2)ncn1. The normalized spacial score (nSPS) is 14.6. The third-order valence-corrected chi connectivity index (χ3v) is 3.94. The molecule has 3 heterocycles. The van der Waals surface area contributed by atoms with Gasteiger partial charge in [-0.05, 0) is 6.42 Å². The molecule has 0 atom stereocenters. The Morgan fingerprint density at radius 2 is 2.21 bits per heavy atom. The van der Waals surface area contributed by atoms with Crippen molar-refractivity contribution in [1.82, 2.24) is 25.5 Å². The summed E-state index contributed by atoms with van der Waals surface area (Å²) in [5.41, 5.74) is 2.24. The van der Waals surface area contributed by atoms with Crippen molar-refractivity contribution in [3.63, 3.8) is 0 Å². The average Bonchev–Trinajstić information content (AvgIpc) is 3.09. The van der Waals surface area contributed by atoms with Gasteiger partial charge in [-0.2, -0.15) is 5.10 Å². The van der Waals surface area contributed by atoms with Crippen molar-refractivity contribution in [1.29, 1.82) is 0 Å². The standard InChI is InChI=1S/C16H22N6O2/c1-2-3-14-13(10-20-21-14)16(23)17-9-12-8-15(19-11-18-12)22-4-6-24-7-5-22/h8,10-11H,2-7,9H2,1H3,(H,17,23)(H,20,21). The zero-order chi connectivity index (χ0) is 16.8. The first-order valence-corrected chi connectivity index (χ1v) is 8.22. The fourth-order valence-electron chi connectivity index (χ4n) is 2.66. The molecule has 1 amide bonds. The Hall–Kier alpha value is -2.48. The van der Waals surface area contributed by atoms with E-state index in [1.54, 1.807) is 6.20 Å². The number of aromatic nitrogens is 4. The molecule has 8 nitrogen and oxygen atoms in total. The Labute approximate surface area is 140 Å². The van der Waals surface area contributed by atoms with Crippen LogP contribution in [0.5, 0.6) is 0 Å². The van der Waals surface area contributed by atoms with Gasteiger partial charge < -0.3 is 15.0 Å². The van der Waals surface area contributed by atoms with Crippen LogP contribution in [0.4, 0.5) is 5.82 Å². The minimum Gasteiger partial charge on any atom is -0.378 e. The van der Waals surface area contributed by atoms with Crippen molar-refractivity contribution in [2.24, 2.45) is 0 Å². The Bertz CT molecular complexity index is 681. The third kappa shape index (κ3) is 3.88. The number of hydrogen-bond donors (Lipinski definition) is 2. The predicted molar refractivity (Wildman–Crippen MR) is 88.8 cm³/mol. The summed E-state index contributed by atoms with van der Waals surface area (Å²) in [7, 11) is 0. The van der Waals surface area contributed by atoms with Crippen molar-refractivity contribution in [2.45, 2.75) is 26.3 Å². The van der Waals surface area contributed by atoms with Crippen LogP contribution in [-0.2, 0) is 17.7 Å². The quantitative estimate of drug-likeness (QED) is 0.817. The number of nitrogens with one attached hydrogen (secondary N) is 2. The number of aryl methyl sites for hydroxylation is 1. The van der Waals surface area contributed by atoms with Crippen LogP contribution in [0.2, 0.25) is 0 Å². The van der Waals surface area contributed by atoms with E-state index in [9.17, 15) is 4.79 Å². The molecule has 1 aliphatic rings. The van der Waals surface area contributed by atoms with Gasteiger partial charge in [0.1, 0.15) is 12.1 Å². The summed E-state index contributed by atoms with van der Waals surface area (Å²) >= 11 is 0. The minimum atomic E-state index is -0.140. The molecule has 2 aromatic heterocycles. The van der Waals surface area contributed by atoms with Gasteiger partial charge in [-0.1, -0.05) is 13.3 Å². The first-order valence-electron chi connectivity index (χ1n) is 8.22. The van der Waals surface area contributed by atoms with Crippen molar-refractivity contribution in [3.8, 4) is 0 Å². The number of hydrogen-bond acceptors (Lipinski definition) is 6. The van der Waals surface area contributed by atoms with E-state index in [1.807, 2.05) is 6.07 Å². The molecule has 2 aromatic rings. The maximum atomic E-state index is 12.3. The van der Waals surface area contributed by atoms with Crippen LogP contribution in [0, 0.1) is 0 Å². The number of carbonyl (C=O) groups excluding carboxylic acids is 1. The summed E-state index contributed by atoms with van der Waals surface area (Å²) in [6.07, 6.45) is 4.86. The monoisotopic (exact) mass is 330 g/mol. The van der Waals surface area contributed by atoms with E-state index < -0.39 is 0 Å². The van der Waals surface area contributed by atoms with Gasteiger partial charge in [-0.3, -0.25) is 9.89 Å². The molecule has 1 fully saturated rings. The summed E-state index contributed by atoms with van der Waals surface area (Å²) in [4.78, 5) is 23.0. The van der Waals surface area contributed by atoms with Gasteiger partial charge in [0.25, 0.3) is 5.91 Å². The van der Waals surface area contributed by atoms with Crippen molar-refractivity contribution in [2.75, 3.05) is 31.2 Å². The van der Waals surface area contributed by atoms with E-state index in [2.05, 4.69) is 37.3 Å². The number of carbonyl (C=O) groups is 1. The number of ether oxygens (including phenoxy) is 1. The van der Waals surface area contributed by atoms with Gasteiger partial charge in [-0.15, -0.1) is 0 Å². The van der Waals surface area contributed by atoms with Gasteiger partial charge >= 0.3 is 0 Å². The molecule has 1 saturated heterocycles. The molecule has 1 aliphatic heterocycles. The van der Waals surface area contributed by atoms with Crippen LogP contribution < -0.4 is 10.2 Å². The minimum absolute atomic E-state index is 0.140. The molecule has 2 N–H and O–H groups in total. The number of H-pyrrole nitrogens is 1. The molecule has 0 bridgehead atoms. The molecule has 8 heteroatoms.